The van der Waals surface area contributed by atoms with E-state index in [2.05, 4.69) is 11.7 Å². The van der Waals surface area contributed by atoms with Crippen molar-refractivity contribution in [3.63, 3.8) is 0 Å². The molecule has 0 aromatic heterocycles. The second-order valence-corrected chi connectivity index (χ2v) is 4.98. The minimum absolute atomic E-state index is 0.328. The van der Waals surface area contributed by atoms with Gasteiger partial charge in [-0.3, -0.25) is 9.00 Å². The highest BCUT2D eigenvalue weighted by molar-refractivity contribution is 7.86. The maximum Gasteiger partial charge on any atom is 0.321 e. The molecule has 84 valence electrons. The molecule has 0 saturated carbocycles. The zero-order chi connectivity index (χ0) is 11.0. The largest absolute Gasteiger partial charge is 0.468 e. The molecule has 3 nitrogen and oxygen atoms in total. The summed E-state index contributed by atoms with van der Waals surface area (Å²) in [5.74, 6) is 0.258. The smallest absolute Gasteiger partial charge is 0.321 e. The Morgan fingerprint density at radius 2 is 2.00 bits per heavy atom. The third kappa shape index (κ3) is 4.74. The number of ether oxygens (including phenoxy) is 1. The van der Waals surface area contributed by atoms with Crippen molar-refractivity contribution in [3.05, 3.63) is 0 Å². The number of esters is 1. The lowest BCUT2D eigenvalue weighted by atomic mass is 10.2. The van der Waals surface area contributed by atoms with Crippen LogP contribution in [-0.4, -0.2) is 28.3 Å². The van der Waals surface area contributed by atoms with E-state index in [4.69, 9.17) is 0 Å². The first-order chi connectivity index (χ1) is 6.67. The van der Waals surface area contributed by atoms with Gasteiger partial charge in [-0.15, -0.1) is 0 Å². The molecular weight excluding hydrogens is 200 g/mol. The summed E-state index contributed by atoms with van der Waals surface area (Å²) in [7, 11) is 0.288. The molecule has 0 saturated heterocycles. The lowest BCUT2D eigenvalue weighted by Gasteiger charge is -2.13. The Kier molecular flexibility index (Phi) is 7.76. The molecule has 0 heterocycles. The van der Waals surface area contributed by atoms with Crippen LogP contribution in [0.5, 0.6) is 0 Å². The van der Waals surface area contributed by atoms with Gasteiger partial charge in [0.1, 0.15) is 5.25 Å². The molecule has 0 fully saturated rings. The molecule has 0 amide bonds. The van der Waals surface area contributed by atoms with Gasteiger partial charge in [0, 0.05) is 16.6 Å². The molecule has 0 rings (SSSR count). The van der Waals surface area contributed by atoms with Gasteiger partial charge in [-0.1, -0.05) is 26.7 Å². The van der Waals surface area contributed by atoms with Crippen LogP contribution in [0.25, 0.3) is 0 Å². The van der Waals surface area contributed by atoms with Gasteiger partial charge in [0.25, 0.3) is 0 Å². The first kappa shape index (κ1) is 13.6. The molecule has 4 heteroatoms. The monoisotopic (exact) mass is 220 g/mol. The first-order valence-electron chi connectivity index (χ1n) is 5.12. The number of carbonyl (C=O) groups excluding carboxylic acids is 1. The molecule has 0 aliphatic heterocycles. The molecule has 0 bridgehead atoms. The van der Waals surface area contributed by atoms with E-state index < -0.39 is 16.0 Å². The summed E-state index contributed by atoms with van der Waals surface area (Å²) in [5, 5.41) is -0.417. The summed E-state index contributed by atoms with van der Waals surface area (Å²) in [4.78, 5) is 11.3. The fourth-order valence-electron chi connectivity index (χ4n) is 1.22. The van der Waals surface area contributed by atoms with Crippen LogP contribution in [0.2, 0.25) is 0 Å². The second-order valence-electron chi connectivity index (χ2n) is 3.24. The zero-order valence-electron chi connectivity index (χ0n) is 9.25. The number of hydrogen-bond donors (Lipinski definition) is 0. The summed E-state index contributed by atoms with van der Waals surface area (Å²) in [6.07, 6.45) is 3.45. The Morgan fingerprint density at radius 3 is 2.43 bits per heavy atom. The van der Waals surface area contributed by atoms with E-state index in [1.54, 1.807) is 0 Å². The molecule has 2 unspecified atom stereocenters. The van der Waals surface area contributed by atoms with E-state index in [9.17, 15) is 9.00 Å². The molecule has 0 aliphatic rings. The van der Waals surface area contributed by atoms with Crippen molar-refractivity contribution in [1.29, 1.82) is 0 Å². The molecule has 0 radical (unpaired) electrons. The number of rotatable bonds is 7. The minimum Gasteiger partial charge on any atom is -0.468 e. The van der Waals surface area contributed by atoms with Crippen LogP contribution in [0.1, 0.15) is 39.5 Å². The van der Waals surface area contributed by atoms with Crippen molar-refractivity contribution in [2.24, 2.45) is 0 Å². The van der Waals surface area contributed by atoms with Crippen LogP contribution in [0.15, 0.2) is 0 Å². The Bertz CT molecular complexity index is 192. The van der Waals surface area contributed by atoms with Crippen LogP contribution in [0, 0.1) is 0 Å². The van der Waals surface area contributed by atoms with Crippen LogP contribution < -0.4 is 0 Å². The van der Waals surface area contributed by atoms with Gasteiger partial charge >= 0.3 is 5.97 Å². The third-order valence-corrected chi connectivity index (χ3v) is 3.88. The van der Waals surface area contributed by atoms with Crippen molar-refractivity contribution in [2.45, 2.75) is 44.8 Å². The van der Waals surface area contributed by atoms with Gasteiger partial charge in [0.15, 0.2) is 0 Å². The minimum atomic E-state index is -1.06. The standard InChI is InChI=1S/C10H20O3S/c1-4-6-7-9(10(11)13-3)14(12)8-5-2/h9H,4-8H2,1-3H3. The lowest BCUT2D eigenvalue weighted by Crippen LogP contribution is -2.28. The van der Waals surface area contributed by atoms with Crippen molar-refractivity contribution in [2.75, 3.05) is 12.9 Å². The van der Waals surface area contributed by atoms with Crippen LogP contribution in [-0.2, 0) is 20.3 Å². The number of methoxy groups -OCH3 is 1. The Labute approximate surface area is 88.7 Å². The van der Waals surface area contributed by atoms with Gasteiger partial charge in [0.05, 0.1) is 7.11 Å². The summed E-state index contributed by atoms with van der Waals surface area (Å²) in [6, 6.07) is 0. The molecular formula is C10H20O3S. The van der Waals surface area contributed by atoms with Crippen LogP contribution >= 0.6 is 0 Å². The highest BCUT2D eigenvalue weighted by Gasteiger charge is 2.24. The highest BCUT2D eigenvalue weighted by Crippen LogP contribution is 2.10. The Balaban J connectivity index is 4.22. The summed E-state index contributed by atoms with van der Waals surface area (Å²) in [5.41, 5.74) is 0. The Hall–Kier alpha value is -0.380. The fraction of sp³-hybridized carbons (Fsp3) is 0.900. The Morgan fingerprint density at radius 1 is 1.36 bits per heavy atom. The van der Waals surface area contributed by atoms with E-state index >= 15 is 0 Å². The zero-order valence-corrected chi connectivity index (χ0v) is 10.1. The average Bonchev–Trinajstić information content (AvgIpc) is 2.18. The summed E-state index contributed by atoms with van der Waals surface area (Å²) >= 11 is 0. The fourth-order valence-corrected chi connectivity index (χ4v) is 2.65. The van der Waals surface area contributed by atoms with Gasteiger partial charge in [0.2, 0.25) is 0 Å². The van der Waals surface area contributed by atoms with Crippen molar-refractivity contribution < 1.29 is 13.7 Å². The highest BCUT2D eigenvalue weighted by atomic mass is 32.2. The SMILES string of the molecule is CCCCC(C(=O)OC)S(=O)CCC. The molecule has 2 atom stereocenters. The normalized spacial score (nSPS) is 14.8. The molecule has 0 aliphatic carbocycles. The first-order valence-corrected chi connectivity index (χ1v) is 6.50. The van der Waals surface area contributed by atoms with E-state index in [1.165, 1.54) is 7.11 Å². The van der Waals surface area contributed by atoms with Crippen molar-refractivity contribution in [3.8, 4) is 0 Å². The number of carbonyl (C=O) groups is 1. The van der Waals surface area contributed by atoms with Gasteiger partial charge in [-0.25, -0.2) is 0 Å². The third-order valence-electron chi connectivity index (χ3n) is 2.01. The second kappa shape index (κ2) is 7.97. The predicted molar refractivity (Wildman–Crippen MR) is 58.6 cm³/mol. The van der Waals surface area contributed by atoms with Gasteiger partial charge in [-0.05, 0) is 12.8 Å². The van der Waals surface area contributed by atoms with Crippen LogP contribution in [0.4, 0.5) is 0 Å². The molecule has 0 N–H and O–H groups in total. The van der Waals surface area contributed by atoms with E-state index in [-0.39, 0.29) is 5.97 Å². The predicted octanol–water partition coefficient (Wildman–Crippen LogP) is 1.88. The molecule has 0 aromatic rings. The van der Waals surface area contributed by atoms with E-state index in [1.807, 2.05) is 6.92 Å². The topological polar surface area (TPSA) is 43.4 Å². The van der Waals surface area contributed by atoms with Gasteiger partial charge < -0.3 is 4.74 Å². The lowest BCUT2D eigenvalue weighted by molar-refractivity contribution is -0.140. The maximum absolute atomic E-state index is 11.7. The summed E-state index contributed by atoms with van der Waals surface area (Å²) < 4.78 is 16.3. The maximum atomic E-state index is 11.7. The van der Waals surface area contributed by atoms with Crippen molar-refractivity contribution >= 4 is 16.8 Å². The van der Waals surface area contributed by atoms with Crippen molar-refractivity contribution in [1.82, 2.24) is 0 Å². The van der Waals surface area contributed by atoms with Crippen LogP contribution in [0.3, 0.4) is 0 Å². The average molecular weight is 220 g/mol. The quantitative estimate of drug-likeness (QED) is 0.615. The van der Waals surface area contributed by atoms with E-state index in [0.717, 1.165) is 19.3 Å². The summed E-state index contributed by atoms with van der Waals surface area (Å²) in [6.45, 7) is 4.02. The molecule has 14 heavy (non-hydrogen) atoms. The molecule has 0 spiro atoms. The number of unbranched alkanes of at least 4 members (excludes halogenated alkanes) is 1. The number of hydrogen-bond acceptors (Lipinski definition) is 3. The van der Waals surface area contributed by atoms with E-state index in [0.29, 0.717) is 12.2 Å². The molecule has 0 aromatic carbocycles. The van der Waals surface area contributed by atoms with Gasteiger partial charge in [-0.2, -0.15) is 0 Å².